The monoisotopic (exact) mass is 759 g/mol. The van der Waals surface area contributed by atoms with Gasteiger partial charge in [-0.2, -0.15) is 25.2 Å². The molecular formula is C35H29ClF3N11O2S. The molecular weight excluding hydrogens is 731 g/mol. The number of nitrogen functional groups attached to an aromatic ring is 1. The van der Waals surface area contributed by atoms with Gasteiger partial charge >= 0.3 is 12.0 Å². The minimum Gasteiger partial charge on any atom is -0.461 e. The quantitative estimate of drug-likeness (QED) is 0.236. The second-order valence-corrected chi connectivity index (χ2v) is 15.4. The highest BCUT2D eigenvalue weighted by Crippen LogP contribution is 2.47. The van der Waals surface area contributed by atoms with Gasteiger partial charge in [0.25, 0.3) is 0 Å². The van der Waals surface area contributed by atoms with Crippen molar-refractivity contribution >= 4 is 60.8 Å². The number of nitrogens with two attached hydrogens (primary N) is 1. The van der Waals surface area contributed by atoms with Gasteiger partial charge in [0.05, 0.1) is 32.9 Å². The molecule has 4 atom stereocenters. The minimum absolute atomic E-state index is 0.0150. The molecule has 1 amide bonds. The van der Waals surface area contributed by atoms with E-state index in [0.29, 0.717) is 44.7 Å². The summed E-state index contributed by atoms with van der Waals surface area (Å²) in [5.41, 5.74) is 5.53. The largest absolute Gasteiger partial charge is 0.461 e. The maximum absolute atomic E-state index is 17.2. The molecule has 4 saturated heterocycles. The third-order valence-corrected chi connectivity index (χ3v) is 12.4. The van der Waals surface area contributed by atoms with Crippen LogP contribution in [0.5, 0.6) is 6.01 Å². The molecule has 9 rings (SSSR count). The fourth-order valence-electron chi connectivity index (χ4n) is 8.82. The number of ether oxygens (including phenoxy) is 1. The Morgan fingerprint density at radius 2 is 1.94 bits per heavy atom. The molecule has 4 aliphatic heterocycles. The molecule has 2 bridgehead atoms. The van der Waals surface area contributed by atoms with Crippen LogP contribution in [0.3, 0.4) is 0 Å². The smallest absolute Gasteiger partial charge is 0.347 e. The number of benzene rings is 2. The molecule has 4 aliphatic rings. The number of alkyl halides is 1. The van der Waals surface area contributed by atoms with Gasteiger partial charge in [0.1, 0.15) is 53.4 Å². The summed E-state index contributed by atoms with van der Waals surface area (Å²) in [6.07, 6.45) is 3.47. The second-order valence-electron chi connectivity index (χ2n) is 14.0. The lowest BCUT2D eigenvalue weighted by molar-refractivity contribution is 0.107. The van der Waals surface area contributed by atoms with Gasteiger partial charge in [0.15, 0.2) is 5.82 Å². The number of nitrogens with zero attached hydrogens (tertiary/aromatic N) is 10. The average molecular weight is 760 g/mol. The number of piperazine rings is 1. The Morgan fingerprint density at radius 1 is 1.15 bits per heavy atom. The Morgan fingerprint density at radius 3 is 2.70 bits per heavy atom. The third kappa shape index (κ3) is 5.16. The SMILES string of the molecule is N#Cc1c(N)sc2c(F)ccc(-c3c(Cl)cc4c(N5CC6CCC(C5)N6C(=O)n5ncnc5C#N)nc(OC[C@@]56CCCN5C[C@H](F)C6)nc4c3F)c12. The fourth-order valence-corrected chi connectivity index (χ4v) is 10.1. The maximum atomic E-state index is 17.2. The third-order valence-electron chi connectivity index (χ3n) is 11.1. The van der Waals surface area contributed by atoms with E-state index in [1.54, 1.807) is 11.0 Å². The Balaban J connectivity index is 1.16. The zero-order valence-electron chi connectivity index (χ0n) is 27.9. The predicted molar refractivity (Wildman–Crippen MR) is 189 cm³/mol. The molecule has 0 saturated carbocycles. The van der Waals surface area contributed by atoms with Gasteiger partial charge < -0.3 is 20.3 Å². The number of nitriles is 2. The summed E-state index contributed by atoms with van der Waals surface area (Å²) >= 11 is 7.78. The van der Waals surface area contributed by atoms with E-state index >= 15 is 4.39 Å². The minimum atomic E-state index is -0.984. The van der Waals surface area contributed by atoms with Crippen molar-refractivity contribution in [3.05, 3.63) is 52.6 Å². The molecule has 2 aromatic carbocycles. The van der Waals surface area contributed by atoms with Gasteiger partial charge in [-0.15, -0.1) is 16.4 Å². The summed E-state index contributed by atoms with van der Waals surface area (Å²) in [6, 6.07) is 6.83. The van der Waals surface area contributed by atoms with E-state index in [1.807, 2.05) is 17.0 Å². The van der Waals surface area contributed by atoms with Crippen LogP contribution in [0.2, 0.25) is 5.02 Å². The summed E-state index contributed by atoms with van der Waals surface area (Å²) in [7, 11) is 0. The number of aromatic nitrogens is 5. The number of thiophene rings is 1. The van der Waals surface area contributed by atoms with E-state index in [1.165, 1.54) is 12.1 Å². The molecule has 13 nitrogen and oxygen atoms in total. The summed E-state index contributed by atoms with van der Waals surface area (Å²) < 4.78 is 54.1. The lowest BCUT2D eigenvalue weighted by atomic mass is 9.95. The zero-order chi connectivity index (χ0) is 36.8. The number of fused-ring (bicyclic) bond motifs is 5. The van der Waals surface area contributed by atoms with Crippen LogP contribution in [0.1, 0.15) is 43.5 Å². The maximum Gasteiger partial charge on any atom is 0.347 e. The number of halogens is 4. The highest BCUT2D eigenvalue weighted by atomic mass is 35.5. The molecule has 53 heavy (non-hydrogen) atoms. The van der Waals surface area contributed by atoms with Crippen LogP contribution in [0.25, 0.3) is 32.1 Å². The number of hydrogen-bond donors (Lipinski definition) is 1. The Bertz CT molecular complexity index is 2430. The normalized spacial score (nSPS) is 23.8. The van der Waals surface area contributed by atoms with Gasteiger partial charge in [-0.1, -0.05) is 17.7 Å². The van der Waals surface area contributed by atoms with Gasteiger partial charge in [-0.05, 0) is 49.9 Å². The van der Waals surface area contributed by atoms with Crippen molar-refractivity contribution in [3.63, 3.8) is 0 Å². The summed E-state index contributed by atoms with van der Waals surface area (Å²) in [6.45, 7) is 1.80. The summed E-state index contributed by atoms with van der Waals surface area (Å²) in [5.74, 6) is -1.23. The molecule has 0 radical (unpaired) electrons. The Kier molecular flexibility index (Phi) is 7.88. The van der Waals surface area contributed by atoms with Gasteiger partial charge in [0.2, 0.25) is 5.82 Å². The molecule has 2 unspecified atom stereocenters. The summed E-state index contributed by atoms with van der Waals surface area (Å²) in [5, 5.41) is 23.8. The van der Waals surface area contributed by atoms with Crippen LogP contribution in [0.15, 0.2) is 24.5 Å². The van der Waals surface area contributed by atoms with E-state index < -0.39 is 29.4 Å². The molecule has 270 valence electrons. The first-order valence-corrected chi connectivity index (χ1v) is 18.3. The fraction of sp³-hybridized carbons (Fsp3) is 0.400. The molecule has 3 aromatic heterocycles. The standard InChI is InChI=1S/C35H29ClF3N11O2S/c36-23-8-21-29(28(39)27(23)20-4-5-24(38)30-26(20)22(10-40)31(42)53-30)45-33(52-15-35-6-1-7-48(35)12-17(37)9-35)46-32(21)47-13-18-2-3-19(14-47)49(18)34(51)50-25(11-41)43-16-44-50/h4-5,8,16-19H,1-3,6-7,9,12-15,42H2/t17-,18?,19?,35+/m1/s1. The first kappa shape index (κ1) is 33.6. The van der Waals surface area contributed by atoms with E-state index in [2.05, 4.69) is 20.0 Å². The van der Waals surface area contributed by atoms with Crippen molar-refractivity contribution < 1.29 is 22.7 Å². The molecule has 18 heteroatoms. The van der Waals surface area contributed by atoms with Crippen LogP contribution >= 0.6 is 22.9 Å². The van der Waals surface area contributed by atoms with Crippen molar-refractivity contribution in [2.45, 2.75) is 55.9 Å². The first-order valence-electron chi connectivity index (χ1n) is 17.1. The van der Waals surface area contributed by atoms with E-state index in [4.69, 9.17) is 27.1 Å². The molecule has 4 fully saturated rings. The highest BCUT2D eigenvalue weighted by Gasteiger charge is 2.50. The zero-order valence-corrected chi connectivity index (χ0v) is 29.5. The van der Waals surface area contributed by atoms with Crippen molar-refractivity contribution in [2.75, 3.05) is 43.4 Å². The lowest BCUT2D eigenvalue weighted by Gasteiger charge is -2.41. The van der Waals surface area contributed by atoms with Crippen molar-refractivity contribution in [1.29, 1.82) is 10.5 Å². The van der Waals surface area contributed by atoms with Crippen molar-refractivity contribution in [1.82, 2.24) is 34.5 Å². The van der Waals surface area contributed by atoms with Crippen LogP contribution in [-0.4, -0.2) is 97.1 Å². The molecule has 0 aliphatic carbocycles. The van der Waals surface area contributed by atoms with Crippen LogP contribution in [0.4, 0.5) is 28.8 Å². The average Bonchev–Trinajstić information content (AvgIpc) is 3.95. The number of rotatable bonds is 5. The molecule has 7 heterocycles. The number of hydrogen-bond acceptors (Lipinski definition) is 12. The molecule has 2 N–H and O–H groups in total. The number of carbonyl (C=O) groups is 1. The van der Waals surface area contributed by atoms with Gasteiger partial charge in [-0.3, -0.25) is 4.90 Å². The van der Waals surface area contributed by atoms with Crippen molar-refractivity contribution in [3.8, 4) is 29.3 Å². The number of anilines is 2. The van der Waals surface area contributed by atoms with Crippen LogP contribution < -0.4 is 15.4 Å². The first-order chi connectivity index (χ1) is 25.6. The van der Waals surface area contributed by atoms with E-state index in [0.717, 1.165) is 41.7 Å². The topological polar surface area (TPSA) is 166 Å². The second kappa shape index (κ2) is 12.4. The predicted octanol–water partition coefficient (Wildman–Crippen LogP) is 5.64. The van der Waals surface area contributed by atoms with E-state index in [-0.39, 0.29) is 78.2 Å². The number of carbonyl (C=O) groups excluding carboxylic acids is 1. The van der Waals surface area contributed by atoms with E-state index in [9.17, 15) is 24.1 Å². The van der Waals surface area contributed by atoms with Gasteiger partial charge in [0, 0.05) is 42.4 Å². The summed E-state index contributed by atoms with van der Waals surface area (Å²) in [4.78, 5) is 32.6. The van der Waals surface area contributed by atoms with Crippen LogP contribution in [-0.2, 0) is 0 Å². The lowest BCUT2D eigenvalue weighted by Crippen LogP contribution is -2.57. The number of amides is 1. The Labute approximate surface area is 308 Å². The van der Waals surface area contributed by atoms with Crippen molar-refractivity contribution in [2.24, 2.45) is 0 Å². The Hall–Kier alpha value is -5.23. The van der Waals surface area contributed by atoms with Gasteiger partial charge in [-0.25, -0.2) is 22.9 Å². The van der Waals surface area contributed by atoms with Crippen LogP contribution in [0, 0.1) is 34.3 Å². The molecule has 0 spiro atoms. The highest BCUT2D eigenvalue weighted by molar-refractivity contribution is 7.23. The molecule has 5 aromatic rings.